The molecule has 240 valence electrons. The number of carbonyl (C=O) groups excluding carboxylic acids is 1. The second-order valence-corrected chi connectivity index (χ2v) is 14.5. The van der Waals surface area contributed by atoms with E-state index in [0.717, 1.165) is 89.0 Å². The maximum Gasteiger partial charge on any atom is 0.220 e. The summed E-state index contributed by atoms with van der Waals surface area (Å²) < 4.78 is 8.08. The fourth-order valence-corrected chi connectivity index (χ4v) is 9.50. The highest BCUT2D eigenvalue weighted by atomic mass is 16.5. The van der Waals surface area contributed by atoms with Crippen LogP contribution >= 0.6 is 0 Å². The molecule has 8 nitrogen and oxygen atoms in total. The average Bonchev–Trinajstić information content (AvgIpc) is 3.39. The number of aryl methyl sites for hydroxylation is 1. The van der Waals surface area contributed by atoms with Crippen molar-refractivity contribution in [2.75, 3.05) is 44.2 Å². The number of piperazine rings is 1. The zero-order valence-corrected chi connectivity index (χ0v) is 27.0. The fourth-order valence-electron chi connectivity index (χ4n) is 9.50. The second kappa shape index (κ2) is 12.5. The summed E-state index contributed by atoms with van der Waals surface area (Å²) in [5, 5.41) is 11.6. The van der Waals surface area contributed by atoms with Crippen molar-refractivity contribution >= 4 is 17.4 Å². The van der Waals surface area contributed by atoms with Gasteiger partial charge in [0.25, 0.3) is 0 Å². The molecule has 8 heteroatoms. The predicted octanol–water partition coefficient (Wildman–Crippen LogP) is 6.02. The number of aromatic nitrogens is 3. The molecule has 1 amide bonds. The lowest BCUT2D eigenvalue weighted by atomic mass is 9.49. The van der Waals surface area contributed by atoms with E-state index >= 15 is 0 Å². The topological polar surface area (TPSA) is 83.8 Å². The molecule has 3 heterocycles. The fraction of sp³-hybridized carbons (Fsp3) is 0.500. The number of anilines is 1. The first-order chi connectivity index (χ1) is 22.5. The van der Waals surface area contributed by atoms with Crippen LogP contribution in [0.25, 0.3) is 28.0 Å². The van der Waals surface area contributed by atoms with Gasteiger partial charge in [0, 0.05) is 56.3 Å². The first-order valence-corrected chi connectivity index (χ1v) is 17.4. The van der Waals surface area contributed by atoms with Gasteiger partial charge in [-0.05, 0) is 85.8 Å². The minimum absolute atomic E-state index is 0.208. The Hall–Kier alpha value is -3.75. The summed E-state index contributed by atoms with van der Waals surface area (Å²) in [5.41, 5.74) is 7.40. The Labute approximate surface area is 271 Å². The van der Waals surface area contributed by atoms with Gasteiger partial charge in [-0.3, -0.25) is 4.79 Å². The third kappa shape index (κ3) is 5.93. The Morgan fingerprint density at radius 2 is 1.67 bits per heavy atom. The number of hydrogen-bond donors (Lipinski definition) is 2. The lowest BCUT2D eigenvalue weighted by Gasteiger charge is -2.56. The van der Waals surface area contributed by atoms with Crippen LogP contribution < -0.4 is 15.5 Å². The maximum absolute atomic E-state index is 12.9. The molecule has 1 saturated heterocycles. The summed E-state index contributed by atoms with van der Waals surface area (Å²) in [5.74, 6) is 3.90. The number of ether oxygens (including phenoxy) is 1. The van der Waals surface area contributed by atoms with E-state index in [1.54, 1.807) is 0 Å². The van der Waals surface area contributed by atoms with Crippen LogP contribution in [0.1, 0.15) is 56.2 Å². The van der Waals surface area contributed by atoms with Crippen molar-refractivity contribution in [2.24, 2.45) is 23.2 Å². The molecule has 4 aliphatic carbocycles. The summed E-state index contributed by atoms with van der Waals surface area (Å²) >= 11 is 0. The molecule has 1 aliphatic heterocycles. The average molecular weight is 619 g/mol. The maximum atomic E-state index is 12.9. The predicted molar refractivity (Wildman–Crippen MR) is 182 cm³/mol. The molecule has 9 rings (SSSR count). The van der Waals surface area contributed by atoms with Crippen LogP contribution in [0.15, 0.2) is 60.7 Å². The lowest BCUT2D eigenvalue weighted by Crippen LogP contribution is -2.48. The minimum atomic E-state index is 0.208. The summed E-state index contributed by atoms with van der Waals surface area (Å²) in [7, 11) is 0. The van der Waals surface area contributed by atoms with Crippen LogP contribution in [0, 0.1) is 30.1 Å². The third-order valence-electron chi connectivity index (χ3n) is 11.0. The largest absolute Gasteiger partial charge is 0.375 e. The van der Waals surface area contributed by atoms with E-state index in [0.29, 0.717) is 26.2 Å². The molecule has 46 heavy (non-hydrogen) atoms. The van der Waals surface area contributed by atoms with Gasteiger partial charge in [-0.15, -0.1) is 0 Å². The van der Waals surface area contributed by atoms with E-state index in [-0.39, 0.29) is 11.3 Å². The number of nitrogens with zero attached hydrogens (tertiary/aromatic N) is 4. The van der Waals surface area contributed by atoms with Crippen molar-refractivity contribution < 1.29 is 9.53 Å². The molecule has 2 aromatic carbocycles. The SMILES string of the molecule is Cc1nn2c(N3CCNCC3)cc(-c3cccc(COCCNC(=O)CC45CC6CC(CC(C6)C4)C5)c3)nc2c1-c1ccccc1. The van der Waals surface area contributed by atoms with Gasteiger partial charge in [-0.25, -0.2) is 4.98 Å². The Morgan fingerprint density at radius 3 is 2.41 bits per heavy atom. The van der Waals surface area contributed by atoms with Crippen molar-refractivity contribution in [3.63, 3.8) is 0 Å². The molecule has 5 aliphatic rings. The van der Waals surface area contributed by atoms with Crippen LogP contribution in [-0.4, -0.2) is 59.8 Å². The molecular formula is C38H46N6O2. The first kappa shape index (κ1) is 29.6. The van der Waals surface area contributed by atoms with Gasteiger partial charge in [-0.2, -0.15) is 9.61 Å². The highest BCUT2D eigenvalue weighted by Gasteiger charge is 2.51. The molecule has 2 aromatic heterocycles. The monoisotopic (exact) mass is 618 g/mol. The minimum Gasteiger partial charge on any atom is -0.375 e. The summed E-state index contributed by atoms with van der Waals surface area (Å²) in [6, 6.07) is 21.1. The number of benzene rings is 2. The number of hydrogen-bond acceptors (Lipinski definition) is 6. The molecule has 0 radical (unpaired) electrons. The van der Waals surface area contributed by atoms with Crippen LogP contribution in [0.4, 0.5) is 5.82 Å². The van der Waals surface area contributed by atoms with E-state index in [1.807, 2.05) is 10.6 Å². The smallest absolute Gasteiger partial charge is 0.220 e. The molecule has 4 saturated carbocycles. The molecule has 0 atom stereocenters. The van der Waals surface area contributed by atoms with Crippen molar-refractivity contribution in [3.05, 3.63) is 71.9 Å². The standard InChI is InChI=1S/C38H46N6O2/c1-26-36(31-7-3-2-4-8-31)37-41-33(20-35(44(37)42-26)43-13-10-39-11-14-43)32-9-5-6-27(19-32)25-46-15-12-40-34(45)24-38-21-28-16-29(22-38)18-30(17-28)23-38/h2-9,19-20,28-30,39H,10-18,21-25H2,1H3,(H,40,45). The second-order valence-electron chi connectivity index (χ2n) is 14.5. The van der Waals surface area contributed by atoms with Crippen LogP contribution in [0.5, 0.6) is 0 Å². The molecular weight excluding hydrogens is 572 g/mol. The number of nitrogens with one attached hydrogen (secondary N) is 2. The molecule has 0 unspecified atom stereocenters. The Morgan fingerprint density at radius 1 is 0.957 bits per heavy atom. The highest BCUT2D eigenvalue weighted by Crippen LogP contribution is 2.61. The molecule has 5 fully saturated rings. The van der Waals surface area contributed by atoms with Crippen LogP contribution in [0.3, 0.4) is 0 Å². The van der Waals surface area contributed by atoms with Crippen LogP contribution in [-0.2, 0) is 16.1 Å². The van der Waals surface area contributed by atoms with Gasteiger partial charge in [0.05, 0.1) is 24.6 Å². The van der Waals surface area contributed by atoms with Gasteiger partial charge >= 0.3 is 0 Å². The van der Waals surface area contributed by atoms with Crippen molar-refractivity contribution in [1.29, 1.82) is 0 Å². The normalized spacial score (nSPS) is 25.3. The zero-order valence-electron chi connectivity index (χ0n) is 27.0. The summed E-state index contributed by atoms with van der Waals surface area (Å²) in [6.07, 6.45) is 8.75. The van der Waals surface area contributed by atoms with E-state index in [9.17, 15) is 4.79 Å². The van der Waals surface area contributed by atoms with E-state index in [1.165, 1.54) is 38.5 Å². The van der Waals surface area contributed by atoms with Crippen molar-refractivity contribution in [1.82, 2.24) is 25.2 Å². The molecule has 4 bridgehead atoms. The molecule has 2 N–H and O–H groups in total. The number of fused-ring (bicyclic) bond motifs is 1. The van der Waals surface area contributed by atoms with Gasteiger partial charge in [0.1, 0.15) is 5.82 Å². The highest BCUT2D eigenvalue weighted by molar-refractivity contribution is 5.83. The third-order valence-corrected chi connectivity index (χ3v) is 11.0. The number of carbonyl (C=O) groups is 1. The first-order valence-electron chi connectivity index (χ1n) is 17.4. The van der Waals surface area contributed by atoms with Crippen molar-refractivity contribution in [2.45, 2.75) is 58.5 Å². The molecule has 0 spiro atoms. The quantitative estimate of drug-likeness (QED) is 0.212. The van der Waals surface area contributed by atoms with Crippen molar-refractivity contribution in [3.8, 4) is 22.4 Å². The van der Waals surface area contributed by atoms with E-state index in [2.05, 4.69) is 77.1 Å². The van der Waals surface area contributed by atoms with E-state index in [4.69, 9.17) is 14.8 Å². The summed E-state index contributed by atoms with van der Waals surface area (Å²) in [4.78, 5) is 20.5. The van der Waals surface area contributed by atoms with Gasteiger partial charge in [0.15, 0.2) is 5.65 Å². The molecule has 4 aromatic rings. The zero-order chi connectivity index (χ0) is 31.1. The Bertz CT molecular complexity index is 1670. The lowest BCUT2D eigenvalue weighted by molar-refractivity contribution is -0.129. The van der Waals surface area contributed by atoms with E-state index < -0.39 is 0 Å². The van der Waals surface area contributed by atoms with Gasteiger partial charge in [0.2, 0.25) is 5.91 Å². The number of amides is 1. The van der Waals surface area contributed by atoms with Gasteiger partial charge < -0.3 is 20.3 Å². The summed E-state index contributed by atoms with van der Waals surface area (Å²) in [6.45, 7) is 7.36. The Balaban J connectivity index is 0.948. The Kier molecular flexibility index (Phi) is 8.02. The van der Waals surface area contributed by atoms with Crippen LogP contribution in [0.2, 0.25) is 0 Å². The number of rotatable bonds is 10. The van der Waals surface area contributed by atoms with Gasteiger partial charge in [-0.1, -0.05) is 48.5 Å².